The second-order valence-electron chi connectivity index (χ2n) is 5.09. The number of methoxy groups -OCH3 is 1. The van der Waals surface area contributed by atoms with Gasteiger partial charge in [0.15, 0.2) is 0 Å². The second-order valence-corrected chi connectivity index (χ2v) is 7.09. The van der Waals surface area contributed by atoms with E-state index in [0.717, 1.165) is 31.2 Å². The number of rotatable bonds is 4. The molecule has 19 heavy (non-hydrogen) atoms. The van der Waals surface area contributed by atoms with Crippen LogP contribution in [0.3, 0.4) is 0 Å². The zero-order valence-electron chi connectivity index (χ0n) is 11.7. The van der Waals surface area contributed by atoms with Crippen LogP contribution in [0.15, 0.2) is 23.1 Å². The summed E-state index contributed by atoms with van der Waals surface area (Å²) >= 11 is 0. The fourth-order valence-corrected chi connectivity index (χ4v) is 4.14. The summed E-state index contributed by atoms with van der Waals surface area (Å²) in [5.74, 6) is 0.711. The van der Waals surface area contributed by atoms with Crippen LogP contribution in [-0.4, -0.2) is 32.9 Å². The number of aryl methyl sites for hydroxylation is 1. The smallest absolute Gasteiger partial charge is 0.243 e. The molecule has 0 amide bonds. The van der Waals surface area contributed by atoms with Gasteiger partial charge in [-0.3, -0.25) is 0 Å². The molecule has 1 aromatic rings. The topological polar surface area (TPSA) is 46.6 Å². The summed E-state index contributed by atoms with van der Waals surface area (Å²) in [6.45, 7) is 1.85. The van der Waals surface area contributed by atoms with Crippen LogP contribution in [0.1, 0.15) is 31.2 Å². The van der Waals surface area contributed by atoms with Gasteiger partial charge in [0.2, 0.25) is 10.0 Å². The third-order valence-corrected chi connectivity index (χ3v) is 5.79. The molecule has 0 radical (unpaired) electrons. The average molecular weight is 283 g/mol. The Labute approximate surface area is 115 Å². The van der Waals surface area contributed by atoms with Crippen molar-refractivity contribution in [1.82, 2.24) is 4.31 Å². The highest BCUT2D eigenvalue weighted by Gasteiger charge is 2.30. The predicted molar refractivity (Wildman–Crippen MR) is 74.9 cm³/mol. The van der Waals surface area contributed by atoms with Crippen molar-refractivity contribution in [2.24, 2.45) is 0 Å². The van der Waals surface area contributed by atoms with Crippen LogP contribution < -0.4 is 4.74 Å². The maximum atomic E-state index is 12.6. The van der Waals surface area contributed by atoms with E-state index in [1.165, 1.54) is 4.31 Å². The van der Waals surface area contributed by atoms with E-state index in [2.05, 4.69) is 0 Å². The van der Waals surface area contributed by atoms with Gasteiger partial charge >= 0.3 is 0 Å². The Morgan fingerprint density at radius 1 is 1.26 bits per heavy atom. The van der Waals surface area contributed by atoms with Crippen molar-refractivity contribution in [3.8, 4) is 5.75 Å². The molecule has 0 aliphatic heterocycles. The Hall–Kier alpha value is -1.07. The van der Waals surface area contributed by atoms with Crippen LogP contribution in [0.5, 0.6) is 5.75 Å². The number of hydrogen-bond acceptors (Lipinski definition) is 3. The lowest BCUT2D eigenvalue weighted by Crippen LogP contribution is -2.35. The summed E-state index contributed by atoms with van der Waals surface area (Å²) in [6, 6.07) is 5.16. The van der Waals surface area contributed by atoms with E-state index in [9.17, 15) is 8.42 Å². The highest BCUT2D eigenvalue weighted by molar-refractivity contribution is 7.89. The highest BCUT2D eigenvalue weighted by Crippen LogP contribution is 2.29. The molecule has 1 fully saturated rings. The molecule has 1 aromatic carbocycles. The number of nitrogens with zero attached hydrogens (tertiary/aromatic N) is 1. The van der Waals surface area contributed by atoms with Crippen molar-refractivity contribution in [3.05, 3.63) is 23.8 Å². The van der Waals surface area contributed by atoms with E-state index in [-0.39, 0.29) is 6.04 Å². The molecule has 4 nitrogen and oxygen atoms in total. The van der Waals surface area contributed by atoms with E-state index in [4.69, 9.17) is 4.74 Å². The molecule has 106 valence electrons. The van der Waals surface area contributed by atoms with E-state index in [1.54, 1.807) is 32.4 Å². The minimum absolute atomic E-state index is 0.146. The van der Waals surface area contributed by atoms with Gasteiger partial charge in [-0.15, -0.1) is 0 Å². The molecule has 0 unspecified atom stereocenters. The van der Waals surface area contributed by atoms with Crippen molar-refractivity contribution in [3.63, 3.8) is 0 Å². The first kappa shape index (κ1) is 14.3. The predicted octanol–water partition coefficient (Wildman–Crippen LogP) is 2.57. The Balaban J connectivity index is 2.30. The van der Waals surface area contributed by atoms with Crippen molar-refractivity contribution in [2.75, 3.05) is 14.2 Å². The van der Waals surface area contributed by atoms with Crippen molar-refractivity contribution < 1.29 is 13.2 Å². The number of hydrogen-bond donors (Lipinski definition) is 0. The molecule has 1 aliphatic carbocycles. The third kappa shape index (κ3) is 2.77. The minimum atomic E-state index is -3.39. The third-order valence-electron chi connectivity index (χ3n) is 3.88. The summed E-state index contributed by atoms with van der Waals surface area (Å²) in [5, 5.41) is 0. The summed E-state index contributed by atoms with van der Waals surface area (Å²) in [5.41, 5.74) is 0.836. The van der Waals surface area contributed by atoms with Crippen LogP contribution in [0.4, 0.5) is 0 Å². The van der Waals surface area contributed by atoms with Crippen molar-refractivity contribution in [1.29, 1.82) is 0 Å². The summed E-state index contributed by atoms with van der Waals surface area (Å²) in [6.07, 6.45) is 4.16. The lowest BCUT2D eigenvalue weighted by Gasteiger charge is -2.24. The first-order valence-corrected chi connectivity index (χ1v) is 8.03. The number of sulfonamides is 1. The van der Waals surface area contributed by atoms with Gasteiger partial charge in [-0.1, -0.05) is 12.8 Å². The molecule has 0 atom stereocenters. The molecular formula is C14H21NO3S. The Kier molecular flexibility index (Phi) is 4.16. The first-order valence-electron chi connectivity index (χ1n) is 6.59. The fraction of sp³-hybridized carbons (Fsp3) is 0.571. The second kappa shape index (κ2) is 5.51. The van der Waals surface area contributed by atoms with Crippen LogP contribution in [0, 0.1) is 6.92 Å². The monoisotopic (exact) mass is 283 g/mol. The van der Waals surface area contributed by atoms with E-state index >= 15 is 0 Å². The van der Waals surface area contributed by atoms with Crippen LogP contribution in [-0.2, 0) is 10.0 Å². The van der Waals surface area contributed by atoms with Crippen LogP contribution >= 0.6 is 0 Å². The molecule has 5 heteroatoms. The molecule has 0 heterocycles. The van der Waals surface area contributed by atoms with Gasteiger partial charge in [-0.2, -0.15) is 4.31 Å². The summed E-state index contributed by atoms with van der Waals surface area (Å²) in [4.78, 5) is 0.347. The lowest BCUT2D eigenvalue weighted by atomic mass is 10.2. The van der Waals surface area contributed by atoms with Gasteiger partial charge < -0.3 is 4.74 Å². The molecule has 2 rings (SSSR count). The Morgan fingerprint density at radius 3 is 2.42 bits per heavy atom. The van der Waals surface area contributed by atoms with Crippen LogP contribution in [0.2, 0.25) is 0 Å². The molecule has 0 aromatic heterocycles. The number of benzene rings is 1. The van der Waals surface area contributed by atoms with E-state index in [1.807, 2.05) is 6.92 Å². The van der Waals surface area contributed by atoms with E-state index in [0.29, 0.717) is 10.6 Å². The van der Waals surface area contributed by atoms with Crippen LogP contribution in [0.25, 0.3) is 0 Å². The molecule has 1 saturated carbocycles. The van der Waals surface area contributed by atoms with Gasteiger partial charge in [0.25, 0.3) is 0 Å². The maximum absolute atomic E-state index is 12.6. The molecule has 0 spiro atoms. The van der Waals surface area contributed by atoms with Gasteiger partial charge in [0.1, 0.15) is 5.75 Å². The molecule has 0 saturated heterocycles. The first-order chi connectivity index (χ1) is 8.96. The lowest BCUT2D eigenvalue weighted by molar-refractivity contribution is 0.372. The van der Waals surface area contributed by atoms with Crippen molar-refractivity contribution >= 4 is 10.0 Å². The van der Waals surface area contributed by atoms with Crippen molar-refractivity contribution in [2.45, 2.75) is 43.5 Å². The highest BCUT2D eigenvalue weighted by atomic mass is 32.2. The number of ether oxygens (including phenoxy) is 1. The van der Waals surface area contributed by atoms with Gasteiger partial charge in [0.05, 0.1) is 12.0 Å². The summed E-state index contributed by atoms with van der Waals surface area (Å²) in [7, 11) is -0.122. The normalized spacial score (nSPS) is 17.1. The summed E-state index contributed by atoms with van der Waals surface area (Å²) < 4.78 is 31.8. The maximum Gasteiger partial charge on any atom is 0.243 e. The average Bonchev–Trinajstić information content (AvgIpc) is 2.91. The zero-order chi connectivity index (χ0) is 14.0. The molecule has 0 N–H and O–H groups in total. The molecule has 1 aliphatic rings. The Morgan fingerprint density at radius 2 is 1.89 bits per heavy atom. The fourth-order valence-electron chi connectivity index (χ4n) is 2.64. The standard InChI is InChI=1S/C14H21NO3S/c1-11-10-13(8-9-14(11)18-3)19(16,17)15(2)12-6-4-5-7-12/h8-10,12H,4-7H2,1-3H3. The SMILES string of the molecule is COc1ccc(S(=O)(=O)N(C)C2CCCC2)cc1C. The quantitative estimate of drug-likeness (QED) is 0.853. The Bertz CT molecular complexity index is 548. The van der Waals surface area contributed by atoms with E-state index < -0.39 is 10.0 Å². The van der Waals surface area contributed by atoms with Gasteiger partial charge in [-0.25, -0.2) is 8.42 Å². The van der Waals surface area contributed by atoms with Gasteiger partial charge in [-0.05, 0) is 43.5 Å². The van der Waals surface area contributed by atoms with Gasteiger partial charge in [0, 0.05) is 13.1 Å². The zero-order valence-corrected chi connectivity index (χ0v) is 12.5. The molecular weight excluding hydrogens is 262 g/mol. The molecule has 0 bridgehead atoms. The largest absolute Gasteiger partial charge is 0.496 e. The minimum Gasteiger partial charge on any atom is -0.496 e.